The summed E-state index contributed by atoms with van der Waals surface area (Å²) in [6, 6.07) is 16.0. The molecule has 1 amide bonds. The molecule has 0 unspecified atom stereocenters. The third-order valence-corrected chi connectivity index (χ3v) is 5.44. The highest BCUT2D eigenvalue weighted by molar-refractivity contribution is 7.98. The standard InChI is InChI=1S/C21H25N5OS/c1-3-26(19-7-5-4-6-16(19)2)13-12-22-20(27)18-10-8-17(9-11-18)14-28-21-23-15-24-25-21/h4-11,15H,3,12-14H2,1-2H3,(H,22,27)(H,23,24,25). The number of carbonyl (C=O) groups is 1. The first-order valence-corrected chi connectivity index (χ1v) is 10.3. The SMILES string of the molecule is CCN(CCNC(=O)c1ccc(CSc2ncn[nH]2)cc1)c1ccccc1C. The van der Waals surface area contributed by atoms with E-state index in [0.29, 0.717) is 12.1 Å². The molecule has 0 fully saturated rings. The Balaban J connectivity index is 1.48. The van der Waals surface area contributed by atoms with Crippen LogP contribution in [0.5, 0.6) is 0 Å². The number of para-hydroxylation sites is 1. The minimum atomic E-state index is -0.0460. The van der Waals surface area contributed by atoms with Crippen LogP contribution in [-0.4, -0.2) is 40.7 Å². The first-order valence-electron chi connectivity index (χ1n) is 9.33. The molecular formula is C21H25N5OS. The van der Waals surface area contributed by atoms with E-state index in [1.54, 1.807) is 11.8 Å². The molecule has 3 rings (SSSR count). The number of anilines is 1. The summed E-state index contributed by atoms with van der Waals surface area (Å²) in [5, 5.41) is 10.5. The summed E-state index contributed by atoms with van der Waals surface area (Å²) >= 11 is 1.58. The van der Waals surface area contributed by atoms with Gasteiger partial charge >= 0.3 is 0 Å². The van der Waals surface area contributed by atoms with E-state index < -0.39 is 0 Å². The lowest BCUT2D eigenvalue weighted by atomic mass is 10.1. The van der Waals surface area contributed by atoms with Gasteiger partial charge in [0.05, 0.1) is 0 Å². The average Bonchev–Trinajstić information content (AvgIpc) is 3.24. The maximum atomic E-state index is 12.4. The maximum absolute atomic E-state index is 12.4. The summed E-state index contributed by atoms with van der Waals surface area (Å²) in [5.41, 5.74) is 4.27. The Kier molecular flexibility index (Phi) is 7.08. The van der Waals surface area contributed by atoms with Gasteiger partial charge in [0.15, 0.2) is 5.16 Å². The van der Waals surface area contributed by atoms with E-state index in [1.165, 1.54) is 17.6 Å². The molecule has 6 nitrogen and oxygen atoms in total. The second-order valence-corrected chi connectivity index (χ2v) is 7.36. The van der Waals surface area contributed by atoms with E-state index in [1.807, 2.05) is 36.4 Å². The third kappa shape index (κ3) is 5.36. The van der Waals surface area contributed by atoms with E-state index in [4.69, 9.17) is 0 Å². The smallest absolute Gasteiger partial charge is 0.251 e. The van der Waals surface area contributed by atoms with Gasteiger partial charge in [-0.15, -0.1) is 0 Å². The molecular weight excluding hydrogens is 370 g/mol. The quantitative estimate of drug-likeness (QED) is 0.541. The van der Waals surface area contributed by atoms with Gasteiger partial charge < -0.3 is 10.2 Å². The fourth-order valence-corrected chi connectivity index (χ4v) is 3.68. The number of rotatable bonds is 9. The van der Waals surface area contributed by atoms with Crippen molar-refractivity contribution < 1.29 is 4.79 Å². The van der Waals surface area contributed by atoms with Gasteiger partial charge in [-0.1, -0.05) is 42.1 Å². The van der Waals surface area contributed by atoms with Crippen LogP contribution < -0.4 is 10.2 Å². The number of aromatic amines is 1. The molecule has 0 saturated heterocycles. The van der Waals surface area contributed by atoms with Crippen molar-refractivity contribution in [1.29, 1.82) is 0 Å². The number of carbonyl (C=O) groups excluding carboxylic acids is 1. The van der Waals surface area contributed by atoms with Gasteiger partial charge in [0.2, 0.25) is 0 Å². The summed E-state index contributed by atoms with van der Waals surface area (Å²) < 4.78 is 0. The minimum Gasteiger partial charge on any atom is -0.370 e. The number of aryl methyl sites for hydroxylation is 1. The zero-order valence-corrected chi connectivity index (χ0v) is 17.0. The maximum Gasteiger partial charge on any atom is 0.251 e. The Morgan fingerprint density at radius 2 is 1.96 bits per heavy atom. The predicted octanol–water partition coefficient (Wildman–Crippen LogP) is 3.66. The lowest BCUT2D eigenvalue weighted by Gasteiger charge is -2.25. The zero-order valence-electron chi connectivity index (χ0n) is 16.2. The van der Waals surface area contributed by atoms with Crippen molar-refractivity contribution in [2.75, 3.05) is 24.5 Å². The number of H-pyrrole nitrogens is 1. The summed E-state index contributed by atoms with van der Waals surface area (Å²) in [7, 11) is 0. The highest BCUT2D eigenvalue weighted by Crippen LogP contribution is 2.19. The summed E-state index contributed by atoms with van der Waals surface area (Å²) in [6.07, 6.45) is 1.49. The number of nitrogens with zero attached hydrogens (tertiary/aromatic N) is 3. The number of amides is 1. The minimum absolute atomic E-state index is 0.0460. The van der Waals surface area contributed by atoms with Crippen molar-refractivity contribution in [3.63, 3.8) is 0 Å². The van der Waals surface area contributed by atoms with Crippen molar-refractivity contribution >= 4 is 23.4 Å². The molecule has 146 valence electrons. The van der Waals surface area contributed by atoms with Crippen molar-refractivity contribution in [3.8, 4) is 0 Å². The van der Waals surface area contributed by atoms with Gasteiger partial charge in [0.1, 0.15) is 6.33 Å². The molecule has 0 saturated carbocycles. The number of likely N-dealkylation sites (N-methyl/N-ethyl adjacent to an activating group) is 1. The van der Waals surface area contributed by atoms with Crippen LogP contribution >= 0.6 is 11.8 Å². The molecule has 1 aromatic heterocycles. The molecule has 0 aliphatic carbocycles. The normalized spacial score (nSPS) is 10.6. The van der Waals surface area contributed by atoms with Crippen molar-refractivity contribution in [2.45, 2.75) is 24.8 Å². The van der Waals surface area contributed by atoms with Crippen LogP contribution in [0.4, 0.5) is 5.69 Å². The number of thioether (sulfide) groups is 1. The molecule has 7 heteroatoms. The molecule has 1 heterocycles. The van der Waals surface area contributed by atoms with Crippen LogP contribution in [0.15, 0.2) is 60.0 Å². The highest BCUT2D eigenvalue weighted by Gasteiger charge is 2.09. The summed E-state index contributed by atoms with van der Waals surface area (Å²) in [4.78, 5) is 18.8. The van der Waals surface area contributed by atoms with Crippen LogP contribution in [0.3, 0.4) is 0 Å². The second kappa shape index (κ2) is 9.94. The Hall–Kier alpha value is -2.80. The lowest BCUT2D eigenvalue weighted by Crippen LogP contribution is -2.35. The van der Waals surface area contributed by atoms with E-state index in [-0.39, 0.29) is 5.91 Å². The van der Waals surface area contributed by atoms with Crippen LogP contribution in [-0.2, 0) is 5.75 Å². The Bertz CT molecular complexity index is 880. The topological polar surface area (TPSA) is 73.9 Å². The molecule has 2 N–H and O–H groups in total. The van der Waals surface area contributed by atoms with E-state index >= 15 is 0 Å². The number of aromatic nitrogens is 3. The van der Waals surface area contributed by atoms with E-state index in [0.717, 1.165) is 29.6 Å². The largest absolute Gasteiger partial charge is 0.370 e. The molecule has 0 aliphatic heterocycles. The number of nitrogens with one attached hydrogen (secondary N) is 2. The molecule has 0 spiro atoms. The first kappa shape index (κ1) is 19.9. The fraction of sp³-hybridized carbons (Fsp3) is 0.286. The van der Waals surface area contributed by atoms with Gasteiger partial charge in [-0.05, 0) is 43.2 Å². The summed E-state index contributed by atoms with van der Waals surface area (Å²) in [5.74, 6) is 0.731. The monoisotopic (exact) mass is 395 g/mol. The molecule has 3 aromatic rings. The van der Waals surface area contributed by atoms with Gasteiger partial charge in [0, 0.05) is 36.6 Å². The van der Waals surface area contributed by atoms with Crippen molar-refractivity contribution in [3.05, 3.63) is 71.5 Å². The van der Waals surface area contributed by atoms with Crippen LogP contribution in [0, 0.1) is 6.92 Å². The van der Waals surface area contributed by atoms with E-state index in [2.05, 4.69) is 51.4 Å². The first-order chi connectivity index (χ1) is 13.7. The zero-order chi connectivity index (χ0) is 19.8. The predicted molar refractivity (Wildman–Crippen MR) is 114 cm³/mol. The van der Waals surface area contributed by atoms with Crippen LogP contribution in [0.2, 0.25) is 0 Å². The van der Waals surface area contributed by atoms with Gasteiger partial charge in [-0.2, -0.15) is 5.10 Å². The van der Waals surface area contributed by atoms with Gasteiger partial charge in [-0.25, -0.2) is 4.98 Å². The Morgan fingerprint density at radius 1 is 1.18 bits per heavy atom. The number of benzene rings is 2. The highest BCUT2D eigenvalue weighted by atomic mass is 32.2. The van der Waals surface area contributed by atoms with Crippen LogP contribution in [0.1, 0.15) is 28.4 Å². The van der Waals surface area contributed by atoms with Crippen LogP contribution in [0.25, 0.3) is 0 Å². The molecule has 0 atom stereocenters. The molecule has 0 bridgehead atoms. The average molecular weight is 396 g/mol. The Morgan fingerprint density at radius 3 is 2.64 bits per heavy atom. The van der Waals surface area contributed by atoms with Gasteiger partial charge in [-0.3, -0.25) is 9.89 Å². The van der Waals surface area contributed by atoms with Crippen molar-refractivity contribution in [1.82, 2.24) is 20.5 Å². The molecule has 2 aromatic carbocycles. The number of hydrogen-bond donors (Lipinski definition) is 2. The second-order valence-electron chi connectivity index (χ2n) is 6.40. The summed E-state index contributed by atoms with van der Waals surface area (Å²) in [6.45, 7) is 6.52. The molecule has 0 radical (unpaired) electrons. The lowest BCUT2D eigenvalue weighted by molar-refractivity contribution is 0.0954. The van der Waals surface area contributed by atoms with E-state index in [9.17, 15) is 4.79 Å². The number of hydrogen-bond acceptors (Lipinski definition) is 5. The molecule has 28 heavy (non-hydrogen) atoms. The van der Waals surface area contributed by atoms with Gasteiger partial charge in [0.25, 0.3) is 5.91 Å². The van der Waals surface area contributed by atoms with Crippen molar-refractivity contribution in [2.24, 2.45) is 0 Å². The third-order valence-electron chi connectivity index (χ3n) is 4.49. The fourth-order valence-electron chi connectivity index (χ4n) is 2.94. The molecule has 0 aliphatic rings. The Labute approximate surface area is 169 Å².